The number of amides is 2. The number of aryl methyl sites for hydroxylation is 1. The molecule has 6 nitrogen and oxygen atoms in total. The number of aromatic nitrogens is 2. The van der Waals surface area contributed by atoms with Gasteiger partial charge < -0.3 is 20.3 Å². The molecule has 3 unspecified atom stereocenters. The van der Waals surface area contributed by atoms with E-state index < -0.39 is 24.2 Å². The Hall–Kier alpha value is -3.19. The molecule has 0 aliphatic heterocycles. The maximum absolute atomic E-state index is 13.8. The van der Waals surface area contributed by atoms with E-state index in [-0.39, 0.29) is 5.82 Å². The highest BCUT2D eigenvalue weighted by molar-refractivity contribution is 5.76. The van der Waals surface area contributed by atoms with Gasteiger partial charge in [-0.05, 0) is 28.8 Å². The number of nitrogens with one attached hydrogen (secondary N) is 2. The van der Waals surface area contributed by atoms with E-state index in [9.17, 15) is 14.3 Å². The van der Waals surface area contributed by atoms with E-state index in [0.717, 1.165) is 11.1 Å². The van der Waals surface area contributed by atoms with Gasteiger partial charge >= 0.3 is 6.03 Å². The Morgan fingerprint density at radius 1 is 1.29 bits per heavy atom. The van der Waals surface area contributed by atoms with Crippen LogP contribution in [0.15, 0.2) is 60.9 Å². The smallest absolute Gasteiger partial charge is 0.316 e. The number of carbonyl (C=O) groups is 1. The third kappa shape index (κ3) is 3.48. The van der Waals surface area contributed by atoms with Crippen molar-refractivity contribution in [2.24, 2.45) is 7.05 Å². The summed E-state index contributed by atoms with van der Waals surface area (Å²) in [6.45, 7) is 0. The first-order valence-corrected chi connectivity index (χ1v) is 9.08. The lowest BCUT2D eigenvalue weighted by atomic mass is 10.1. The van der Waals surface area contributed by atoms with Gasteiger partial charge in [0.1, 0.15) is 17.7 Å². The first-order chi connectivity index (χ1) is 13.5. The Kier molecular flexibility index (Phi) is 4.83. The van der Waals surface area contributed by atoms with Crippen LogP contribution in [-0.4, -0.2) is 26.8 Å². The first kappa shape index (κ1) is 18.2. The second-order valence-electron chi connectivity index (χ2n) is 6.95. The van der Waals surface area contributed by atoms with Crippen LogP contribution in [0.3, 0.4) is 0 Å². The summed E-state index contributed by atoms with van der Waals surface area (Å²) in [6, 6.07) is 12.1. The van der Waals surface area contributed by atoms with E-state index >= 15 is 0 Å². The minimum atomic E-state index is -0.691. The molecule has 2 aromatic carbocycles. The van der Waals surface area contributed by atoms with Crippen LogP contribution < -0.4 is 10.6 Å². The van der Waals surface area contributed by atoms with Crippen LogP contribution in [0.2, 0.25) is 0 Å². The standard InChI is InChI=1S/C21H21FN4O2/c1-26-10-9-23-20(26)18(14-6-4-7-15(22)11-14)24-21(28)25-19-16-8-3-2-5-13(16)12-17(19)27/h2-11,17-19,27H,12H2,1H3,(H2,24,25,28). The van der Waals surface area contributed by atoms with E-state index in [2.05, 4.69) is 15.6 Å². The summed E-state index contributed by atoms with van der Waals surface area (Å²) >= 11 is 0. The minimum Gasteiger partial charge on any atom is -0.390 e. The van der Waals surface area contributed by atoms with Crippen LogP contribution in [-0.2, 0) is 13.5 Å². The number of benzene rings is 2. The zero-order valence-corrected chi connectivity index (χ0v) is 15.3. The third-order valence-electron chi connectivity index (χ3n) is 5.06. The van der Waals surface area contributed by atoms with Crippen molar-refractivity contribution in [1.82, 2.24) is 20.2 Å². The summed E-state index contributed by atoms with van der Waals surface area (Å²) in [7, 11) is 1.81. The molecule has 0 spiro atoms. The number of urea groups is 1. The average Bonchev–Trinajstić information content (AvgIpc) is 3.23. The van der Waals surface area contributed by atoms with Crippen molar-refractivity contribution in [3.63, 3.8) is 0 Å². The molecule has 1 aromatic heterocycles. The van der Waals surface area contributed by atoms with Gasteiger partial charge in [0.25, 0.3) is 0 Å². The average molecular weight is 380 g/mol. The van der Waals surface area contributed by atoms with Gasteiger partial charge in [-0.2, -0.15) is 0 Å². The molecule has 1 aliphatic rings. The molecule has 7 heteroatoms. The second-order valence-corrected chi connectivity index (χ2v) is 6.95. The number of aliphatic hydroxyl groups is 1. The molecule has 0 radical (unpaired) electrons. The van der Waals surface area contributed by atoms with Crippen molar-refractivity contribution < 1.29 is 14.3 Å². The Morgan fingerprint density at radius 3 is 2.86 bits per heavy atom. The van der Waals surface area contributed by atoms with Crippen LogP contribution >= 0.6 is 0 Å². The van der Waals surface area contributed by atoms with Crippen LogP contribution in [0, 0.1) is 5.82 Å². The van der Waals surface area contributed by atoms with Gasteiger partial charge in [0, 0.05) is 25.9 Å². The second kappa shape index (κ2) is 7.44. The number of rotatable bonds is 4. The molecule has 0 saturated heterocycles. The third-order valence-corrected chi connectivity index (χ3v) is 5.06. The fourth-order valence-corrected chi connectivity index (χ4v) is 3.70. The Bertz CT molecular complexity index is 1000. The summed E-state index contributed by atoms with van der Waals surface area (Å²) in [5.41, 5.74) is 2.51. The quantitative estimate of drug-likeness (QED) is 0.651. The molecular weight excluding hydrogens is 359 g/mol. The Labute approximate surface area is 162 Å². The molecule has 3 aromatic rings. The number of nitrogens with zero attached hydrogens (tertiary/aromatic N) is 2. The maximum atomic E-state index is 13.8. The van der Waals surface area contributed by atoms with Crippen LogP contribution in [0.25, 0.3) is 0 Å². The monoisotopic (exact) mass is 380 g/mol. The summed E-state index contributed by atoms with van der Waals surface area (Å²) in [6.07, 6.45) is 3.19. The van der Waals surface area contributed by atoms with Gasteiger partial charge in [0.15, 0.2) is 0 Å². The largest absolute Gasteiger partial charge is 0.390 e. The molecule has 0 bridgehead atoms. The predicted octanol–water partition coefficient (Wildman–Crippen LogP) is 2.61. The zero-order valence-electron chi connectivity index (χ0n) is 15.3. The molecule has 3 N–H and O–H groups in total. The summed E-state index contributed by atoms with van der Waals surface area (Å²) < 4.78 is 15.5. The minimum absolute atomic E-state index is 0.390. The number of aliphatic hydroxyl groups excluding tert-OH is 1. The molecule has 3 atom stereocenters. The number of halogens is 1. The van der Waals surface area contributed by atoms with Crippen molar-refractivity contribution in [2.75, 3.05) is 0 Å². The van der Waals surface area contributed by atoms with E-state index in [1.54, 1.807) is 29.1 Å². The van der Waals surface area contributed by atoms with E-state index in [1.165, 1.54) is 12.1 Å². The summed E-state index contributed by atoms with van der Waals surface area (Å²) in [5.74, 6) is 0.187. The fourth-order valence-electron chi connectivity index (χ4n) is 3.70. The molecule has 1 aliphatic carbocycles. The lowest BCUT2D eigenvalue weighted by molar-refractivity contribution is 0.142. The van der Waals surface area contributed by atoms with E-state index in [0.29, 0.717) is 17.8 Å². The number of fused-ring (bicyclic) bond motifs is 1. The maximum Gasteiger partial charge on any atom is 0.316 e. The van der Waals surface area contributed by atoms with Gasteiger partial charge in [-0.15, -0.1) is 0 Å². The fraction of sp³-hybridized carbons (Fsp3) is 0.238. The van der Waals surface area contributed by atoms with Crippen molar-refractivity contribution in [2.45, 2.75) is 24.6 Å². The van der Waals surface area contributed by atoms with Crippen molar-refractivity contribution in [1.29, 1.82) is 0 Å². The number of carbonyl (C=O) groups excluding carboxylic acids is 1. The molecule has 4 rings (SSSR count). The highest BCUT2D eigenvalue weighted by Crippen LogP contribution is 2.31. The molecule has 2 amide bonds. The molecular formula is C21H21FN4O2. The highest BCUT2D eigenvalue weighted by Gasteiger charge is 2.32. The normalized spacial score (nSPS) is 19.1. The van der Waals surface area contributed by atoms with Gasteiger partial charge in [-0.3, -0.25) is 0 Å². The van der Waals surface area contributed by atoms with E-state index in [4.69, 9.17) is 0 Å². The van der Waals surface area contributed by atoms with Crippen molar-refractivity contribution in [3.8, 4) is 0 Å². The van der Waals surface area contributed by atoms with E-state index in [1.807, 2.05) is 31.3 Å². The van der Waals surface area contributed by atoms with Gasteiger partial charge in [0.2, 0.25) is 0 Å². The first-order valence-electron chi connectivity index (χ1n) is 9.08. The van der Waals surface area contributed by atoms with Crippen LogP contribution in [0.4, 0.5) is 9.18 Å². The SMILES string of the molecule is Cn1ccnc1C(NC(=O)NC1c2ccccc2CC1O)c1cccc(F)c1. The lowest BCUT2D eigenvalue weighted by Gasteiger charge is -2.23. The Morgan fingerprint density at radius 2 is 2.11 bits per heavy atom. The topological polar surface area (TPSA) is 79.2 Å². The van der Waals surface area contributed by atoms with Gasteiger partial charge in [-0.25, -0.2) is 14.2 Å². The summed E-state index contributed by atoms with van der Waals surface area (Å²) in [4.78, 5) is 17.1. The number of imidazole rings is 1. The zero-order chi connectivity index (χ0) is 19.7. The van der Waals surface area contributed by atoms with Crippen molar-refractivity contribution in [3.05, 3.63) is 89.3 Å². The number of hydrogen-bond donors (Lipinski definition) is 3. The molecule has 0 saturated carbocycles. The Balaban J connectivity index is 1.57. The van der Waals surface area contributed by atoms with Crippen molar-refractivity contribution >= 4 is 6.03 Å². The molecule has 144 valence electrons. The van der Waals surface area contributed by atoms with Gasteiger partial charge in [-0.1, -0.05) is 36.4 Å². The predicted molar refractivity (Wildman–Crippen MR) is 102 cm³/mol. The molecule has 1 heterocycles. The van der Waals surface area contributed by atoms with Crippen LogP contribution in [0.1, 0.15) is 34.6 Å². The van der Waals surface area contributed by atoms with Crippen LogP contribution in [0.5, 0.6) is 0 Å². The highest BCUT2D eigenvalue weighted by atomic mass is 19.1. The lowest BCUT2D eigenvalue weighted by Crippen LogP contribution is -2.43. The number of hydrogen-bond acceptors (Lipinski definition) is 3. The molecule has 28 heavy (non-hydrogen) atoms. The molecule has 0 fully saturated rings. The summed E-state index contributed by atoms with van der Waals surface area (Å²) in [5, 5.41) is 16.1. The van der Waals surface area contributed by atoms with Gasteiger partial charge in [0.05, 0.1) is 12.1 Å².